The van der Waals surface area contributed by atoms with E-state index in [-0.39, 0.29) is 5.56 Å². The molecule has 0 aliphatic rings. The molecular weight excluding hydrogens is 233 g/mol. The van der Waals surface area contributed by atoms with Crippen molar-refractivity contribution in [3.05, 3.63) is 29.8 Å². The summed E-state index contributed by atoms with van der Waals surface area (Å²) in [6, 6.07) is 4.72. The second kappa shape index (κ2) is 4.43. The molecule has 0 spiro atoms. The van der Waals surface area contributed by atoms with Crippen molar-refractivity contribution < 1.29 is 25.4 Å². The SMILES string of the molecule is COC(=O)c1cccc(OS(F)(F)F)c1. The van der Waals surface area contributed by atoms with E-state index < -0.39 is 23.2 Å². The van der Waals surface area contributed by atoms with Crippen LogP contribution in [0.1, 0.15) is 10.4 Å². The van der Waals surface area contributed by atoms with Crippen LogP contribution in [0, 0.1) is 0 Å². The van der Waals surface area contributed by atoms with Crippen LogP contribution in [-0.4, -0.2) is 13.1 Å². The zero-order valence-electron chi connectivity index (χ0n) is 7.58. The third kappa shape index (κ3) is 3.70. The number of carbonyl (C=O) groups is 1. The van der Waals surface area contributed by atoms with Crippen LogP contribution < -0.4 is 4.18 Å². The van der Waals surface area contributed by atoms with Gasteiger partial charge < -0.3 is 8.92 Å². The van der Waals surface area contributed by atoms with Crippen LogP contribution in [0.25, 0.3) is 0 Å². The fourth-order valence-electron chi connectivity index (χ4n) is 0.902. The molecule has 0 N–H and O–H groups in total. The molecule has 0 aliphatic heterocycles. The van der Waals surface area contributed by atoms with E-state index in [1.54, 1.807) is 0 Å². The highest BCUT2D eigenvalue weighted by atomic mass is 32.4. The van der Waals surface area contributed by atoms with E-state index in [2.05, 4.69) is 8.92 Å². The number of carbonyl (C=O) groups excluding carboxylic acids is 1. The molecule has 0 aromatic heterocycles. The number of hydrogen-bond donors (Lipinski definition) is 0. The molecule has 15 heavy (non-hydrogen) atoms. The van der Waals surface area contributed by atoms with Gasteiger partial charge in [0.1, 0.15) is 5.75 Å². The number of esters is 1. The summed E-state index contributed by atoms with van der Waals surface area (Å²) in [5, 5.41) is 0. The highest BCUT2D eigenvalue weighted by molar-refractivity contribution is 8.17. The monoisotopic (exact) mass is 240 g/mol. The molecule has 1 aromatic carbocycles. The minimum Gasteiger partial charge on any atom is -0.465 e. The van der Waals surface area contributed by atoms with Crippen LogP contribution in [0.5, 0.6) is 5.75 Å². The molecule has 0 heterocycles. The van der Waals surface area contributed by atoms with Gasteiger partial charge in [-0.15, -0.1) is 0 Å². The molecule has 0 aliphatic carbocycles. The molecule has 1 rings (SSSR count). The van der Waals surface area contributed by atoms with Crippen LogP contribution in [0.2, 0.25) is 0 Å². The Hall–Kier alpha value is -1.37. The van der Waals surface area contributed by atoms with Crippen LogP contribution in [-0.2, 0) is 4.74 Å². The number of hydrogen-bond acceptors (Lipinski definition) is 3. The topological polar surface area (TPSA) is 35.5 Å². The maximum Gasteiger partial charge on any atom is 0.391 e. The van der Waals surface area contributed by atoms with Crippen molar-refractivity contribution in [3.8, 4) is 5.75 Å². The largest absolute Gasteiger partial charge is 0.465 e. The van der Waals surface area contributed by atoms with Crippen molar-refractivity contribution in [1.82, 2.24) is 0 Å². The zero-order chi connectivity index (χ0) is 11.5. The van der Waals surface area contributed by atoms with E-state index in [1.807, 2.05) is 0 Å². The fraction of sp³-hybridized carbons (Fsp3) is 0.125. The smallest absolute Gasteiger partial charge is 0.391 e. The van der Waals surface area contributed by atoms with Gasteiger partial charge in [0, 0.05) is 0 Å². The lowest BCUT2D eigenvalue weighted by molar-refractivity contribution is 0.0600. The second-order valence-corrected chi connectivity index (χ2v) is 3.36. The van der Waals surface area contributed by atoms with Gasteiger partial charge in [0.2, 0.25) is 0 Å². The Balaban J connectivity index is 2.88. The Morgan fingerprint density at radius 1 is 1.33 bits per heavy atom. The standard InChI is InChI=1S/C8H7F3O3S/c1-13-8(12)6-3-2-4-7(5-6)14-15(9,10)11/h2-5H,1H3. The average molecular weight is 240 g/mol. The van der Waals surface area contributed by atoms with E-state index in [0.717, 1.165) is 19.2 Å². The van der Waals surface area contributed by atoms with Gasteiger partial charge in [-0.25, -0.2) is 4.79 Å². The van der Waals surface area contributed by atoms with E-state index in [1.165, 1.54) is 12.1 Å². The molecule has 7 heteroatoms. The molecule has 84 valence electrons. The Kier molecular flexibility index (Phi) is 3.46. The van der Waals surface area contributed by atoms with Crippen molar-refractivity contribution in [1.29, 1.82) is 0 Å². The maximum absolute atomic E-state index is 11.9. The molecule has 0 amide bonds. The number of halogens is 3. The predicted octanol–water partition coefficient (Wildman–Crippen LogP) is 3.23. The average Bonchev–Trinajstić information content (AvgIpc) is 2.14. The molecule has 0 radical (unpaired) electrons. The van der Waals surface area contributed by atoms with Gasteiger partial charge in [-0.1, -0.05) is 17.7 Å². The summed E-state index contributed by atoms with van der Waals surface area (Å²) >= 11 is -5.58. The van der Waals surface area contributed by atoms with Crippen molar-refractivity contribution in [2.75, 3.05) is 7.11 Å². The van der Waals surface area contributed by atoms with E-state index in [4.69, 9.17) is 0 Å². The Bertz CT molecular complexity index is 364. The van der Waals surface area contributed by atoms with Gasteiger partial charge in [0.25, 0.3) is 0 Å². The summed E-state index contributed by atoms with van der Waals surface area (Å²) in [5.74, 6) is -1.13. The Morgan fingerprint density at radius 3 is 2.53 bits per heavy atom. The minimum absolute atomic E-state index is 0.0126. The highest BCUT2D eigenvalue weighted by Gasteiger charge is 2.24. The van der Waals surface area contributed by atoms with Gasteiger partial charge in [-0.2, -0.15) is 0 Å². The lowest BCUT2D eigenvalue weighted by Crippen LogP contribution is -2.01. The first-order chi connectivity index (χ1) is 6.92. The number of ether oxygens (including phenoxy) is 1. The highest BCUT2D eigenvalue weighted by Crippen LogP contribution is 2.53. The molecule has 1 aromatic rings. The van der Waals surface area contributed by atoms with Crippen LogP contribution >= 0.6 is 11.5 Å². The van der Waals surface area contributed by atoms with E-state index in [9.17, 15) is 16.5 Å². The van der Waals surface area contributed by atoms with Crippen LogP contribution in [0.4, 0.5) is 11.7 Å². The first-order valence-electron chi connectivity index (χ1n) is 3.72. The summed E-state index contributed by atoms with van der Waals surface area (Å²) in [4.78, 5) is 11.0. The summed E-state index contributed by atoms with van der Waals surface area (Å²) in [7, 11) is 1.14. The first-order valence-corrected chi connectivity index (χ1v) is 4.98. The molecule has 0 saturated heterocycles. The minimum atomic E-state index is -5.58. The normalized spacial score (nSPS) is 12.0. The fourth-order valence-corrected chi connectivity index (χ4v) is 1.22. The van der Waals surface area contributed by atoms with Crippen molar-refractivity contribution >= 4 is 17.4 Å². The molecule has 0 unspecified atom stereocenters. The number of benzene rings is 1. The van der Waals surface area contributed by atoms with Gasteiger partial charge in [0.15, 0.2) is 0 Å². The second-order valence-electron chi connectivity index (χ2n) is 2.47. The Morgan fingerprint density at radius 2 is 2.00 bits per heavy atom. The molecule has 0 saturated carbocycles. The van der Waals surface area contributed by atoms with Crippen molar-refractivity contribution in [2.45, 2.75) is 0 Å². The lowest BCUT2D eigenvalue weighted by Gasteiger charge is -2.11. The molecule has 0 atom stereocenters. The summed E-state index contributed by atoms with van der Waals surface area (Å²) < 4.78 is 43.8. The number of rotatable bonds is 3. The van der Waals surface area contributed by atoms with Crippen molar-refractivity contribution in [3.63, 3.8) is 0 Å². The molecule has 3 nitrogen and oxygen atoms in total. The van der Waals surface area contributed by atoms with E-state index in [0.29, 0.717) is 0 Å². The quantitative estimate of drug-likeness (QED) is 0.761. The third-order valence-electron chi connectivity index (χ3n) is 1.45. The van der Waals surface area contributed by atoms with Gasteiger partial charge in [-0.3, -0.25) is 0 Å². The van der Waals surface area contributed by atoms with Gasteiger partial charge in [0.05, 0.1) is 12.7 Å². The lowest BCUT2D eigenvalue weighted by atomic mass is 10.2. The zero-order valence-corrected chi connectivity index (χ0v) is 8.39. The van der Waals surface area contributed by atoms with Gasteiger partial charge in [-0.05, 0) is 18.2 Å². The van der Waals surface area contributed by atoms with Gasteiger partial charge >= 0.3 is 17.4 Å². The third-order valence-corrected chi connectivity index (χ3v) is 1.83. The summed E-state index contributed by atoms with van der Waals surface area (Å²) in [5.41, 5.74) is 0.0126. The van der Waals surface area contributed by atoms with Crippen LogP contribution in [0.15, 0.2) is 24.3 Å². The van der Waals surface area contributed by atoms with E-state index >= 15 is 0 Å². The van der Waals surface area contributed by atoms with Crippen molar-refractivity contribution in [2.24, 2.45) is 0 Å². The predicted molar refractivity (Wildman–Crippen MR) is 49.3 cm³/mol. The summed E-state index contributed by atoms with van der Waals surface area (Å²) in [6.45, 7) is 0. The summed E-state index contributed by atoms with van der Waals surface area (Å²) in [6.07, 6.45) is 0. The van der Waals surface area contributed by atoms with Crippen LogP contribution in [0.3, 0.4) is 0 Å². The molecular formula is C8H7F3O3S. The first kappa shape index (κ1) is 11.7. The number of methoxy groups -OCH3 is 1. The molecule has 0 bridgehead atoms. The molecule has 0 fully saturated rings. The maximum atomic E-state index is 11.9. The Labute approximate surface area is 86.2 Å².